The summed E-state index contributed by atoms with van der Waals surface area (Å²) in [4.78, 5) is 39.1. The Morgan fingerprint density at radius 3 is 2.16 bits per heavy atom. The molecule has 7 heteroatoms. The number of nitro groups is 1. The van der Waals surface area contributed by atoms with Gasteiger partial charge in [0, 0.05) is 24.6 Å². The molecule has 1 aromatic carbocycles. The van der Waals surface area contributed by atoms with E-state index in [9.17, 15) is 19.7 Å². The van der Waals surface area contributed by atoms with Crippen LogP contribution < -0.4 is 4.90 Å². The van der Waals surface area contributed by atoms with Crippen LogP contribution in [0.3, 0.4) is 0 Å². The Morgan fingerprint density at radius 1 is 1.00 bits per heavy atom. The fourth-order valence-corrected chi connectivity index (χ4v) is 7.20. The maximum atomic E-state index is 13.1. The molecule has 1 saturated heterocycles. The van der Waals surface area contributed by atoms with E-state index >= 15 is 0 Å². The molecule has 7 nitrogen and oxygen atoms in total. The summed E-state index contributed by atoms with van der Waals surface area (Å²) < 4.78 is 5.39. The second-order valence-corrected chi connectivity index (χ2v) is 10.6. The fraction of sp³-hybridized carbons (Fsp3) is 0.680. The summed E-state index contributed by atoms with van der Waals surface area (Å²) in [5.41, 5.74) is 0.304. The average Bonchev–Trinajstić information content (AvgIpc) is 3.05. The van der Waals surface area contributed by atoms with Gasteiger partial charge in [0.15, 0.2) is 12.4 Å². The normalized spacial score (nSPS) is 31.2. The van der Waals surface area contributed by atoms with Crippen molar-refractivity contribution in [3.63, 3.8) is 0 Å². The van der Waals surface area contributed by atoms with Gasteiger partial charge in [-0.1, -0.05) is 12.8 Å². The minimum Gasteiger partial charge on any atom is -0.454 e. The van der Waals surface area contributed by atoms with Gasteiger partial charge in [-0.15, -0.1) is 0 Å². The van der Waals surface area contributed by atoms with Gasteiger partial charge in [0.05, 0.1) is 10.5 Å². The summed E-state index contributed by atoms with van der Waals surface area (Å²) in [5, 5.41) is 11.7. The van der Waals surface area contributed by atoms with E-state index in [1.54, 1.807) is 12.1 Å². The van der Waals surface area contributed by atoms with Gasteiger partial charge in [0.1, 0.15) is 5.69 Å². The highest BCUT2D eigenvalue weighted by molar-refractivity contribution is 5.94. The lowest BCUT2D eigenvalue weighted by Crippen LogP contribution is -2.51. The Hall–Kier alpha value is -2.44. The van der Waals surface area contributed by atoms with Crippen LogP contribution in [0.15, 0.2) is 18.2 Å². The van der Waals surface area contributed by atoms with Crippen molar-refractivity contribution in [2.24, 2.45) is 23.2 Å². The zero-order chi connectivity index (χ0) is 22.3. The lowest BCUT2D eigenvalue weighted by Gasteiger charge is -2.55. The first-order valence-corrected chi connectivity index (χ1v) is 12.2. The number of Topliss-reactive ketones (excluding diaryl/α,β-unsaturated/α-hetero) is 1. The van der Waals surface area contributed by atoms with Crippen molar-refractivity contribution in [1.82, 2.24) is 0 Å². The van der Waals surface area contributed by atoms with Crippen LogP contribution in [0.25, 0.3) is 0 Å². The van der Waals surface area contributed by atoms with Crippen molar-refractivity contribution in [2.45, 2.75) is 64.2 Å². The van der Waals surface area contributed by atoms with Crippen LogP contribution in [0, 0.1) is 33.3 Å². The Kier molecular flexibility index (Phi) is 5.68. The molecule has 0 unspecified atom stereocenters. The molecule has 4 aliphatic carbocycles. The molecule has 5 aliphatic rings. The van der Waals surface area contributed by atoms with Crippen molar-refractivity contribution < 1.29 is 19.2 Å². The smallest absolute Gasteiger partial charge is 0.338 e. The van der Waals surface area contributed by atoms with Crippen LogP contribution in [0.2, 0.25) is 0 Å². The fourth-order valence-electron chi connectivity index (χ4n) is 7.20. The van der Waals surface area contributed by atoms with Crippen molar-refractivity contribution in [2.75, 3.05) is 24.6 Å². The largest absolute Gasteiger partial charge is 0.454 e. The van der Waals surface area contributed by atoms with Gasteiger partial charge in [-0.25, -0.2) is 4.79 Å². The lowest BCUT2D eigenvalue weighted by molar-refractivity contribution is -0.384. The molecule has 0 aromatic heterocycles. The number of carbonyl (C=O) groups is 2. The number of anilines is 1. The van der Waals surface area contributed by atoms with E-state index in [4.69, 9.17) is 4.74 Å². The Labute approximate surface area is 188 Å². The van der Waals surface area contributed by atoms with E-state index in [1.165, 1.54) is 25.3 Å². The zero-order valence-electron chi connectivity index (χ0n) is 18.6. The number of ether oxygens (including phenoxy) is 1. The molecule has 0 atom stereocenters. The van der Waals surface area contributed by atoms with Gasteiger partial charge in [0.25, 0.3) is 5.69 Å². The first-order valence-electron chi connectivity index (χ1n) is 12.2. The molecule has 1 aromatic rings. The highest BCUT2D eigenvalue weighted by atomic mass is 16.6. The van der Waals surface area contributed by atoms with Gasteiger partial charge < -0.3 is 9.64 Å². The summed E-state index contributed by atoms with van der Waals surface area (Å²) >= 11 is 0. The van der Waals surface area contributed by atoms with Crippen LogP contribution in [0.5, 0.6) is 0 Å². The molecule has 172 valence electrons. The third-order valence-electron chi connectivity index (χ3n) is 8.32. The molecular formula is C25H32N2O5. The average molecular weight is 441 g/mol. The maximum Gasteiger partial charge on any atom is 0.338 e. The van der Waals surface area contributed by atoms with E-state index in [0.29, 0.717) is 23.4 Å². The van der Waals surface area contributed by atoms with Crippen molar-refractivity contribution >= 4 is 23.1 Å². The highest BCUT2D eigenvalue weighted by Gasteiger charge is 2.54. The molecule has 1 aliphatic heterocycles. The standard InChI is InChI=1S/C25H32N2O5/c28-23(25-13-17-9-18(14-25)11-19(10-17)15-25)16-32-24(29)20-5-6-21(22(12-20)27(30)31)26-7-3-1-2-4-8-26/h5-6,12,17-19H,1-4,7-11,13-16H2. The number of hydrogen-bond donors (Lipinski definition) is 0. The summed E-state index contributed by atoms with van der Waals surface area (Å²) in [6.45, 7) is 1.33. The first kappa shape index (κ1) is 21.4. The molecule has 0 amide bonds. The minimum atomic E-state index is -0.659. The van der Waals surface area contributed by atoms with E-state index in [0.717, 1.165) is 58.0 Å². The molecule has 4 bridgehead atoms. The van der Waals surface area contributed by atoms with Crippen LogP contribution in [-0.4, -0.2) is 36.4 Å². The number of benzene rings is 1. The van der Waals surface area contributed by atoms with Gasteiger partial charge in [0.2, 0.25) is 0 Å². The summed E-state index contributed by atoms with van der Waals surface area (Å²) in [7, 11) is 0. The lowest BCUT2D eigenvalue weighted by atomic mass is 9.48. The zero-order valence-corrected chi connectivity index (χ0v) is 18.6. The van der Waals surface area contributed by atoms with Crippen LogP contribution in [-0.2, 0) is 9.53 Å². The highest BCUT2D eigenvalue weighted by Crippen LogP contribution is 2.60. The maximum absolute atomic E-state index is 13.1. The summed E-state index contributed by atoms with van der Waals surface area (Å²) in [6.07, 6.45) is 10.8. The van der Waals surface area contributed by atoms with E-state index < -0.39 is 10.9 Å². The number of esters is 1. The number of rotatable bonds is 6. The van der Waals surface area contributed by atoms with Gasteiger partial charge in [-0.05, 0) is 81.3 Å². The van der Waals surface area contributed by atoms with E-state index in [-0.39, 0.29) is 29.1 Å². The van der Waals surface area contributed by atoms with Crippen LogP contribution >= 0.6 is 0 Å². The molecule has 6 rings (SSSR count). The van der Waals surface area contributed by atoms with Gasteiger partial charge in [-0.3, -0.25) is 14.9 Å². The first-order chi connectivity index (χ1) is 15.4. The summed E-state index contributed by atoms with van der Waals surface area (Å²) in [6, 6.07) is 4.55. The molecule has 0 radical (unpaired) electrons. The van der Waals surface area contributed by atoms with E-state index in [2.05, 4.69) is 0 Å². The molecular weight excluding hydrogens is 408 g/mol. The number of carbonyl (C=O) groups excluding carboxylic acids is 2. The third kappa shape index (κ3) is 4.02. The Balaban J connectivity index is 1.27. The Bertz CT molecular complexity index is 884. The molecule has 32 heavy (non-hydrogen) atoms. The number of ketones is 1. The third-order valence-corrected chi connectivity index (χ3v) is 8.32. The minimum absolute atomic E-state index is 0.0423. The predicted octanol–water partition coefficient (Wildman–Crippen LogP) is 4.92. The topological polar surface area (TPSA) is 89.8 Å². The van der Waals surface area contributed by atoms with Crippen molar-refractivity contribution in [3.8, 4) is 0 Å². The quantitative estimate of drug-likeness (QED) is 0.354. The number of hydrogen-bond acceptors (Lipinski definition) is 6. The molecule has 0 spiro atoms. The predicted molar refractivity (Wildman–Crippen MR) is 120 cm³/mol. The van der Waals surface area contributed by atoms with Gasteiger partial charge in [-0.2, -0.15) is 0 Å². The van der Waals surface area contributed by atoms with Crippen molar-refractivity contribution in [3.05, 3.63) is 33.9 Å². The van der Waals surface area contributed by atoms with E-state index in [1.807, 2.05) is 4.90 Å². The Morgan fingerprint density at radius 2 is 1.59 bits per heavy atom. The van der Waals surface area contributed by atoms with Gasteiger partial charge >= 0.3 is 5.97 Å². The number of nitro benzene ring substituents is 1. The van der Waals surface area contributed by atoms with Crippen molar-refractivity contribution in [1.29, 1.82) is 0 Å². The number of nitrogens with zero attached hydrogens (tertiary/aromatic N) is 2. The monoisotopic (exact) mass is 440 g/mol. The molecule has 0 N–H and O–H groups in total. The summed E-state index contributed by atoms with van der Waals surface area (Å²) in [5.74, 6) is 1.33. The molecule has 5 fully saturated rings. The molecule has 1 heterocycles. The SMILES string of the molecule is O=C(OCC(=O)C12CC3CC(CC(C3)C1)C2)c1ccc(N2CCCCCC2)c([N+](=O)[O-])c1. The van der Waals surface area contributed by atoms with Crippen LogP contribution in [0.1, 0.15) is 74.6 Å². The molecule has 4 saturated carbocycles. The second-order valence-electron chi connectivity index (χ2n) is 10.6. The second kappa shape index (κ2) is 8.49. The van der Waals surface area contributed by atoms with Crippen LogP contribution in [0.4, 0.5) is 11.4 Å².